The van der Waals surface area contributed by atoms with Crippen LogP contribution in [0.5, 0.6) is 5.75 Å². The van der Waals surface area contributed by atoms with Crippen LogP contribution < -0.4 is 15.0 Å². The first-order chi connectivity index (χ1) is 15.1. The summed E-state index contributed by atoms with van der Waals surface area (Å²) in [5, 5.41) is 3.35. The maximum atomic E-state index is 11.9. The number of methoxy groups -OCH3 is 1. The van der Waals surface area contributed by atoms with E-state index < -0.39 is 0 Å². The Morgan fingerprint density at radius 1 is 1.19 bits per heavy atom. The Morgan fingerprint density at radius 3 is 2.71 bits per heavy atom. The predicted molar refractivity (Wildman–Crippen MR) is 124 cm³/mol. The van der Waals surface area contributed by atoms with Crippen molar-refractivity contribution in [1.82, 2.24) is 10.2 Å². The summed E-state index contributed by atoms with van der Waals surface area (Å²) in [5.41, 5.74) is 4.32. The number of nitrogens with one attached hydrogen (secondary N) is 1. The number of ether oxygens (including phenoxy) is 2. The van der Waals surface area contributed by atoms with Gasteiger partial charge in [-0.3, -0.25) is 9.69 Å². The first-order valence-corrected chi connectivity index (χ1v) is 11.2. The standard InChI is InChI=1S/C24H30ClN3O3/c1-26-24(29)18-3-5-20-17(15-18)8-14-31-22(20)7-9-27-10-12-28(13-11-27)19-4-6-23(30-2)21(25)16-19/h3-6,15-16,22H,7-14H2,1-2H3,(H,26,29). The van der Waals surface area contributed by atoms with Crippen LogP contribution in [0.1, 0.15) is 34.0 Å². The lowest BCUT2D eigenvalue weighted by Crippen LogP contribution is -2.47. The number of benzene rings is 2. The van der Waals surface area contributed by atoms with Gasteiger partial charge in [-0.05, 0) is 54.3 Å². The van der Waals surface area contributed by atoms with E-state index >= 15 is 0 Å². The van der Waals surface area contributed by atoms with Gasteiger partial charge in [0.15, 0.2) is 0 Å². The molecular formula is C24H30ClN3O3. The van der Waals surface area contributed by atoms with E-state index in [9.17, 15) is 4.79 Å². The van der Waals surface area contributed by atoms with Crippen molar-refractivity contribution in [3.8, 4) is 5.75 Å². The largest absolute Gasteiger partial charge is 0.495 e. The summed E-state index contributed by atoms with van der Waals surface area (Å²) in [5.74, 6) is 0.668. The number of carbonyl (C=O) groups is 1. The van der Waals surface area contributed by atoms with E-state index in [0.29, 0.717) is 17.4 Å². The zero-order chi connectivity index (χ0) is 21.8. The third kappa shape index (κ3) is 4.97. The smallest absolute Gasteiger partial charge is 0.251 e. The topological polar surface area (TPSA) is 54.0 Å². The van der Waals surface area contributed by atoms with Crippen molar-refractivity contribution in [2.45, 2.75) is 18.9 Å². The average molecular weight is 444 g/mol. The second kappa shape index (κ2) is 9.90. The van der Waals surface area contributed by atoms with E-state index in [4.69, 9.17) is 21.1 Å². The van der Waals surface area contributed by atoms with Gasteiger partial charge in [-0.15, -0.1) is 0 Å². The molecule has 0 radical (unpaired) electrons. The maximum absolute atomic E-state index is 11.9. The van der Waals surface area contributed by atoms with Crippen molar-refractivity contribution in [3.63, 3.8) is 0 Å². The quantitative estimate of drug-likeness (QED) is 0.740. The first kappa shape index (κ1) is 21.9. The molecule has 2 heterocycles. The molecule has 4 rings (SSSR count). The highest BCUT2D eigenvalue weighted by molar-refractivity contribution is 6.32. The monoisotopic (exact) mass is 443 g/mol. The summed E-state index contributed by atoms with van der Waals surface area (Å²) in [6, 6.07) is 12.0. The minimum Gasteiger partial charge on any atom is -0.495 e. The molecule has 1 saturated heterocycles. The van der Waals surface area contributed by atoms with Gasteiger partial charge in [-0.2, -0.15) is 0 Å². The number of hydrogen-bond acceptors (Lipinski definition) is 5. The van der Waals surface area contributed by atoms with E-state index in [2.05, 4.69) is 27.2 Å². The zero-order valence-electron chi connectivity index (χ0n) is 18.2. The molecule has 0 aliphatic carbocycles. The number of rotatable bonds is 6. The molecule has 0 saturated carbocycles. The molecule has 2 aromatic rings. The van der Waals surface area contributed by atoms with Crippen LogP contribution in [0.3, 0.4) is 0 Å². The molecule has 31 heavy (non-hydrogen) atoms. The summed E-state index contributed by atoms with van der Waals surface area (Å²) in [6.07, 6.45) is 1.92. The minimum atomic E-state index is -0.0399. The molecule has 2 aromatic carbocycles. The Bertz CT molecular complexity index is 928. The molecule has 1 unspecified atom stereocenters. The number of amides is 1. The van der Waals surface area contributed by atoms with Gasteiger partial charge in [0, 0.05) is 51.0 Å². The van der Waals surface area contributed by atoms with Crippen LogP contribution in [0.4, 0.5) is 5.69 Å². The van der Waals surface area contributed by atoms with E-state index in [0.717, 1.165) is 56.8 Å². The Morgan fingerprint density at radius 2 is 2.00 bits per heavy atom. The van der Waals surface area contributed by atoms with Gasteiger partial charge >= 0.3 is 0 Å². The summed E-state index contributed by atoms with van der Waals surface area (Å²) in [7, 11) is 3.30. The second-order valence-electron chi connectivity index (χ2n) is 8.04. The molecule has 2 aliphatic heterocycles. The fourth-order valence-corrected chi connectivity index (χ4v) is 4.70. The second-order valence-corrected chi connectivity index (χ2v) is 8.45. The summed E-state index contributed by atoms with van der Waals surface area (Å²) in [6.45, 7) is 5.68. The molecule has 0 bridgehead atoms. The summed E-state index contributed by atoms with van der Waals surface area (Å²) >= 11 is 6.29. The highest BCUT2D eigenvalue weighted by Gasteiger charge is 2.24. The van der Waals surface area contributed by atoms with Crippen LogP contribution in [0.2, 0.25) is 5.02 Å². The van der Waals surface area contributed by atoms with Crippen molar-refractivity contribution in [3.05, 3.63) is 58.1 Å². The first-order valence-electron chi connectivity index (χ1n) is 10.9. The van der Waals surface area contributed by atoms with Crippen molar-refractivity contribution >= 4 is 23.2 Å². The van der Waals surface area contributed by atoms with Crippen LogP contribution in [-0.4, -0.2) is 64.3 Å². The van der Waals surface area contributed by atoms with E-state index in [1.54, 1.807) is 14.2 Å². The van der Waals surface area contributed by atoms with Gasteiger partial charge in [-0.25, -0.2) is 0 Å². The van der Waals surface area contributed by atoms with Crippen molar-refractivity contribution in [1.29, 1.82) is 0 Å². The molecule has 1 atom stereocenters. The number of hydrogen-bond donors (Lipinski definition) is 1. The number of fused-ring (bicyclic) bond motifs is 1. The Kier molecular flexibility index (Phi) is 7.00. The van der Waals surface area contributed by atoms with Gasteiger partial charge in [0.1, 0.15) is 5.75 Å². The van der Waals surface area contributed by atoms with Crippen LogP contribution in [0.25, 0.3) is 0 Å². The highest BCUT2D eigenvalue weighted by Crippen LogP contribution is 2.32. The predicted octanol–water partition coefficient (Wildman–Crippen LogP) is 3.53. The van der Waals surface area contributed by atoms with Crippen LogP contribution >= 0.6 is 11.6 Å². The molecule has 7 heteroatoms. The Balaban J connectivity index is 1.31. The molecule has 1 fully saturated rings. The van der Waals surface area contributed by atoms with E-state index in [1.807, 2.05) is 24.3 Å². The zero-order valence-corrected chi connectivity index (χ0v) is 19.0. The van der Waals surface area contributed by atoms with Crippen molar-refractivity contribution in [2.75, 3.05) is 58.4 Å². The molecule has 1 amide bonds. The summed E-state index contributed by atoms with van der Waals surface area (Å²) in [4.78, 5) is 16.8. The maximum Gasteiger partial charge on any atom is 0.251 e. The molecule has 6 nitrogen and oxygen atoms in total. The number of carbonyl (C=O) groups excluding carboxylic acids is 1. The van der Waals surface area contributed by atoms with Crippen molar-refractivity contribution in [2.24, 2.45) is 0 Å². The lowest BCUT2D eigenvalue weighted by Gasteiger charge is -2.37. The minimum absolute atomic E-state index is 0.0399. The van der Waals surface area contributed by atoms with Gasteiger partial charge in [0.25, 0.3) is 5.91 Å². The number of anilines is 1. The van der Waals surface area contributed by atoms with Crippen LogP contribution in [0.15, 0.2) is 36.4 Å². The average Bonchev–Trinajstić information content (AvgIpc) is 2.82. The normalized spacial score (nSPS) is 19.1. The molecule has 2 aliphatic rings. The van der Waals surface area contributed by atoms with Gasteiger partial charge < -0.3 is 19.7 Å². The SMILES string of the molecule is CNC(=O)c1ccc2c(c1)CCOC2CCN1CCN(c2ccc(OC)c(Cl)c2)CC1. The van der Waals surface area contributed by atoms with Gasteiger partial charge in [-0.1, -0.05) is 17.7 Å². The number of nitrogens with zero attached hydrogens (tertiary/aromatic N) is 2. The van der Waals surface area contributed by atoms with Crippen LogP contribution in [0, 0.1) is 0 Å². The van der Waals surface area contributed by atoms with Gasteiger partial charge in [0.2, 0.25) is 0 Å². The lowest BCUT2D eigenvalue weighted by atomic mass is 9.93. The molecule has 1 N–H and O–H groups in total. The highest BCUT2D eigenvalue weighted by atomic mass is 35.5. The molecular weight excluding hydrogens is 414 g/mol. The van der Waals surface area contributed by atoms with E-state index in [-0.39, 0.29) is 12.0 Å². The molecule has 0 spiro atoms. The third-order valence-electron chi connectivity index (χ3n) is 6.25. The fourth-order valence-electron chi connectivity index (χ4n) is 4.44. The molecule has 166 valence electrons. The summed E-state index contributed by atoms with van der Waals surface area (Å²) < 4.78 is 11.3. The van der Waals surface area contributed by atoms with E-state index in [1.165, 1.54) is 11.1 Å². The third-order valence-corrected chi connectivity index (χ3v) is 6.55. The number of piperazine rings is 1. The van der Waals surface area contributed by atoms with Crippen LogP contribution in [-0.2, 0) is 11.2 Å². The number of halogens is 1. The molecule has 0 aromatic heterocycles. The Labute approximate surface area is 189 Å². The lowest BCUT2D eigenvalue weighted by molar-refractivity contribution is 0.0288. The fraction of sp³-hybridized carbons (Fsp3) is 0.458. The van der Waals surface area contributed by atoms with Gasteiger partial charge in [0.05, 0.1) is 24.8 Å². The Hall–Kier alpha value is -2.28. The van der Waals surface area contributed by atoms with Crippen molar-refractivity contribution < 1.29 is 14.3 Å².